The Labute approximate surface area is 168 Å². The predicted octanol–water partition coefficient (Wildman–Crippen LogP) is 3.91. The van der Waals surface area contributed by atoms with Crippen molar-refractivity contribution in [3.8, 4) is 0 Å². The Bertz CT molecular complexity index is 1050. The highest BCUT2D eigenvalue weighted by molar-refractivity contribution is 7.12. The van der Waals surface area contributed by atoms with Gasteiger partial charge in [-0.1, -0.05) is 12.1 Å². The molecular weight excluding hydrogens is 398 g/mol. The molecule has 28 heavy (non-hydrogen) atoms. The number of thiophene rings is 2. The lowest BCUT2D eigenvalue weighted by atomic mass is 10.1. The summed E-state index contributed by atoms with van der Waals surface area (Å²) in [4.78, 5) is 25.9. The van der Waals surface area contributed by atoms with E-state index in [0.29, 0.717) is 17.8 Å². The molecule has 1 atom stereocenters. The zero-order chi connectivity index (χ0) is 19.8. The van der Waals surface area contributed by atoms with Crippen LogP contribution in [0.4, 0.5) is 5.69 Å². The summed E-state index contributed by atoms with van der Waals surface area (Å²) in [6, 6.07) is 7.74. The van der Waals surface area contributed by atoms with Gasteiger partial charge in [0.1, 0.15) is 17.9 Å². The van der Waals surface area contributed by atoms with Crippen LogP contribution in [0.15, 0.2) is 40.1 Å². The fourth-order valence-electron chi connectivity index (χ4n) is 3.34. The van der Waals surface area contributed by atoms with E-state index in [1.807, 2.05) is 35.0 Å². The van der Waals surface area contributed by atoms with Gasteiger partial charge in [-0.2, -0.15) is 10.2 Å². The van der Waals surface area contributed by atoms with Gasteiger partial charge in [0.25, 0.3) is 5.91 Å². The number of nitro groups is 1. The Balaban J connectivity index is 1.64. The maximum absolute atomic E-state index is 13.1. The van der Waals surface area contributed by atoms with Crippen LogP contribution in [0.2, 0.25) is 0 Å². The number of carbonyl (C=O) groups excluding carboxylic acids is 1. The number of amides is 1. The third-order valence-electron chi connectivity index (χ3n) is 4.65. The summed E-state index contributed by atoms with van der Waals surface area (Å²) in [7, 11) is 0. The molecule has 0 aromatic carbocycles. The van der Waals surface area contributed by atoms with Crippen molar-refractivity contribution >= 4 is 40.0 Å². The summed E-state index contributed by atoms with van der Waals surface area (Å²) >= 11 is 3.18. The van der Waals surface area contributed by atoms with Gasteiger partial charge in [0.05, 0.1) is 21.6 Å². The zero-order valence-corrected chi connectivity index (χ0v) is 16.9. The molecule has 0 spiro atoms. The molecule has 0 N–H and O–H groups in total. The third-order valence-corrected chi connectivity index (χ3v) is 6.55. The van der Waals surface area contributed by atoms with Crippen molar-refractivity contribution in [3.05, 3.63) is 66.3 Å². The molecule has 4 heterocycles. The van der Waals surface area contributed by atoms with E-state index >= 15 is 0 Å². The van der Waals surface area contributed by atoms with Crippen molar-refractivity contribution in [3.63, 3.8) is 0 Å². The summed E-state index contributed by atoms with van der Waals surface area (Å²) < 4.78 is 1.39. The first-order valence-corrected chi connectivity index (χ1v) is 10.4. The van der Waals surface area contributed by atoms with Crippen LogP contribution >= 0.6 is 22.7 Å². The second-order valence-corrected chi connectivity index (χ2v) is 8.36. The van der Waals surface area contributed by atoms with Crippen LogP contribution in [0, 0.1) is 24.0 Å². The van der Waals surface area contributed by atoms with Gasteiger partial charge in [0.2, 0.25) is 0 Å². The molecule has 4 rings (SSSR count). The van der Waals surface area contributed by atoms with Gasteiger partial charge in [0.15, 0.2) is 0 Å². The van der Waals surface area contributed by atoms with Gasteiger partial charge < -0.3 is 0 Å². The molecule has 0 fully saturated rings. The van der Waals surface area contributed by atoms with E-state index < -0.39 is 4.92 Å². The number of hydrogen-bond acceptors (Lipinski definition) is 7. The Morgan fingerprint density at radius 3 is 2.64 bits per heavy atom. The van der Waals surface area contributed by atoms with Gasteiger partial charge in [-0.15, -0.1) is 22.7 Å². The first kappa shape index (κ1) is 18.5. The molecule has 10 heteroatoms. The van der Waals surface area contributed by atoms with E-state index in [2.05, 4.69) is 10.2 Å². The molecule has 8 nitrogen and oxygen atoms in total. The highest BCUT2D eigenvalue weighted by atomic mass is 32.1. The SMILES string of the molecule is Cc1nn(CC(=O)N2N=C(c3cccs3)CC2c2cccs2)c(C)c1[N+](=O)[O-]. The highest BCUT2D eigenvalue weighted by Gasteiger charge is 2.35. The average molecular weight is 416 g/mol. The Hall–Kier alpha value is -2.85. The summed E-state index contributed by atoms with van der Waals surface area (Å²) in [6.07, 6.45) is 0.643. The number of aromatic nitrogens is 2. The number of aryl methyl sites for hydroxylation is 1. The van der Waals surface area contributed by atoms with Crippen molar-refractivity contribution in [2.75, 3.05) is 0 Å². The van der Waals surface area contributed by atoms with Crippen molar-refractivity contribution < 1.29 is 9.72 Å². The number of hydrazone groups is 1. The second-order valence-electron chi connectivity index (χ2n) is 6.43. The largest absolute Gasteiger partial charge is 0.312 e. The molecule has 1 amide bonds. The fraction of sp³-hybridized carbons (Fsp3) is 0.278. The highest BCUT2D eigenvalue weighted by Crippen LogP contribution is 2.36. The normalized spacial score (nSPS) is 16.4. The van der Waals surface area contributed by atoms with Gasteiger partial charge in [0, 0.05) is 11.3 Å². The quantitative estimate of drug-likeness (QED) is 0.466. The molecule has 3 aromatic heterocycles. The Morgan fingerprint density at radius 2 is 2.04 bits per heavy atom. The predicted molar refractivity (Wildman–Crippen MR) is 108 cm³/mol. The van der Waals surface area contributed by atoms with E-state index in [4.69, 9.17) is 0 Å². The smallest absolute Gasteiger partial charge is 0.271 e. The second kappa shape index (κ2) is 7.28. The molecule has 0 saturated heterocycles. The molecule has 3 aromatic rings. The van der Waals surface area contributed by atoms with E-state index in [-0.39, 0.29) is 24.2 Å². The molecule has 1 aliphatic rings. The molecular formula is C18H17N5O3S2. The van der Waals surface area contributed by atoms with Gasteiger partial charge in [-0.05, 0) is 36.7 Å². The molecule has 0 saturated carbocycles. The molecule has 0 aliphatic carbocycles. The van der Waals surface area contributed by atoms with Gasteiger partial charge >= 0.3 is 5.69 Å². The molecule has 0 bridgehead atoms. The minimum Gasteiger partial charge on any atom is -0.271 e. The number of hydrogen-bond donors (Lipinski definition) is 0. The lowest BCUT2D eigenvalue weighted by Crippen LogP contribution is -2.30. The first-order valence-electron chi connectivity index (χ1n) is 8.61. The lowest BCUT2D eigenvalue weighted by Gasteiger charge is -2.20. The first-order chi connectivity index (χ1) is 13.5. The molecule has 1 unspecified atom stereocenters. The van der Waals surface area contributed by atoms with E-state index in [9.17, 15) is 14.9 Å². The van der Waals surface area contributed by atoms with Crippen molar-refractivity contribution in [2.45, 2.75) is 32.9 Å². The van der Waals surface area contributed by atoms with Crippen molar-refractivity contribution in [2.24, 2.45) is 5.10 Å². The minimum absolute atomic E-state index is 0.0493. The van der Waals surface area contributed by atoms with Crippen LogP contribution in [-0.2, 0) is 11.3 Å². The summed E-state index contributed by atoms with van der Waals surface area (Å²) in [5.74, 6) is -0.245. The topological polar surface area (TPSA) is 93.6 Å². The van der Waals surface area contributed by atoms with Crippen LogP contribution in [0.1, 0.15) is 33.6 Å². The average Bonchev–Trinajstić information content (AvgIpc) is 3.42. The standard InChI is InChI=1S/C18H17N5O3S2/c1-11-18(23(25)26)12(2)21(19-11)10-17(24)22-14(16-6-4-8-28-16)9-13(20-22)15-5-3-7-27-15/h3-8,14H,9-10H2,1-2H3. The van der Waals surface area contributed by atoms with Crippen LogP contribution in [0.5, 0.6) is 0 Å². The van der Waals surface area contributed by atoms with Crippen molar-refractivity contribution in [1.29, 1.82) is 0 Å². The Kier molecular flexibility index (Phi) is 4.82. The van der Waals surface area contributed by atoms with Crippen LogP contribution in [0.3, 0.4) is 0 Å². The summed E-state index contributed by atoms with van der Waals surface area (Å²) in [5.41, 5.74) is 1.49. The lowest BCUT2D eigenvalue weighted by molar-refractivity contribution is -0.386. The van der Waals surface area contributed by atoms with Crippen LogP contribution in [-0.4, -0.2) is 31.3 Å². The Morgan fingerprint density at radius 1 is 1.29 bits per heavy atom. The molecule has 1 aliphatic heterocycles. The van der Waals surface area contributed by atoms with E-state index in [1.165, 1.54) is 9.69 Å². The number of rotatable bonds is 5. The van der Waals surface area contributed by atoms with E-state index in [1.54, 1.807) is 36.5 Å². The minimum atomic E-state index is -0.462. The van der Waals surface area contributed by atoms with Crippen molar-refractivity contribution in [1.82, 2.24) is 14.8 Å². The maximum Gasteiger partial charge on any atom is 0.312 e. The zero-order valence-electron chi connectivity index (χ0n) is 15.2. The van der Waals surface area contributed by atoms with Gasteiger partial charge in [-0.25, -0.2) is 5.01 Å². The van der Waals surface area contributed by atoms with Crippen LogP contribution < -0.4 is 0 Å². The maximum atomic E-state index is 13.1. The van der Waals surface area contributed by atoms with Gasteiger partial charge in [-0.3, -0.25) is 19.6 Å². The van der Waals surface area contributed by atoms with Crippen LogP contribution in [0.25, 0.3) is 0 Å². The summed E-state index contributed by atoms with van der Waals surface area (Å²) in [5, 5.41) is 25.5. The fourth-order valence-corrected chi connectivity index (χ4v) is 4.87. The third kappa shape index (κ3) is 3.25. The molecule has 0 radical (unpaired) electrons. The molecule has 144 valence electrons. The number of carbonyl (C=O) groups is 1. The van der Waals surface area contributed by atoms with E-state index in [0.717, 1.165) is 15.5 Å². The number of nitrogens with zero attached hydrogens (tertiary/aromatic N) is 5. The summed E-state index contributed by atoms with van der Waals surface area (Å²) in [6.45, 7) is 3.08. The monoisotopic (exact) mass is 415 g/mol.